The van der Waals surface area contributed by atoms with Gasteiger partial charge < -0.3 is 19.1 Å². The fourth-order valence-electron chi connectivity index (χ4n) is 3.90. The van der Waals surface area contributed by atoms with E-state index in [4.69, 9.17) is 26.1 Å². The van der Waals surface area contributed by atoms with Gasteiger partial charge in [-0.3, -0.25) is 0 Å². The van der Waals surface area contributed by atoms with Crippen molar-refractivity contribution in [3.05, 3.63) is 70.6 Å². The zero-order valence-corrected chi connectivity index (χ0v) is 21.9. The summed E-state index contributed by atoms with van der Waals surface area (Å²) < 4.78 is 13.3. The molecule has 0 unspecified atom stereocenters. The fraction of sp³-hybridized carbons (Fsp3) is 0.429. The van der Waals surface area contributed by atoms with E-state index in [-0.39, 0.29) is 12.0 Å². The van der Waals surface area contributed by atoms with Crippen molar-refractivity contribution in [2.24, 2.45) is 7.05 Å². The van der Waals surface area contributed by atoms with E-state index >= 15 is 0 Å². The molecule has 1 heterocycles. The molecule has 3 aromatic rings. The summed E-state index contributed by atoms with van der Waals surface area (Å²) in [6.07, 6.45) is 3.27. The second-order valence-corrected chi connectivity index (χ2v) is 10.2. The Morgan fingerprint density at radius 1 is 1.17 bits per heavy atom. The molecule has 2 aromatic carbocycles. The molecule has 3 rings (SSSR count). The molecule has 0 spiro atoms. The number of aromatic nitrogens is 2. The second kappa shape index (κ2) is 11.7. The number of esters is 1. The lowest BCUT2D eigenvalue weighted by Crippen LogP contribution is -2.22. The Morgan fingerprint density at radius 2 is 1.89 bits per heavy atom. The molecule has 0 radical (unpaired) electrons. The van der Waals surface area contributed by atoms with E-state index in [1.807, 2.05) is 44.4 Å². The molecule has 1 aromatic heterocycles. The maximum atomic E-state index is 12.7. The topological polar surface area (TPSA) is 73.6 Å². The number of hydrogen-bond donors (Lipinski definition) is 1. The van der Waals surface area contributed by atoms with Crippen molar-refractivity contribution < 1.29 is 19.4 Å². The van der Waals surface area contributed by atoms with Crippen LogP contribution in [-0.2, 0) is 23.6 Å². The van der Waals surface area contributed by atoms with E-state index in [1.54, 1.807) is 18.2 Å². The summed E-state index contributed by atoms with van der Waals surface area (Å²) in [7, 11) is 2.01. The lowest BCUT2D eigenvalue weighted by atomic mass is 9.96. The third-order valence-corrected chi connectivity index (χ3v) is 5.91. The first-order valence-electron chi connectivity index (χ1n) is 12.0. The van der Waals surface area contributed by atoms with Crippen molar-refractivity contribution in [2.75, 3.05) is 13.2 Å². The van der Waals surface area contributed by atoms with E-state index in [0.717, 1.165) is 29.1 Å². The van der Waals surface area contributed by atoms with Crippen molar-refractivity contribution in [2.45, 2.75) is 58.5 Å². The van der Waals surface area contributed by atoms with Crippen molar-refractivity contribution in [3.8, 4) is 17.0 Å². The Labute approximate surface area is 212 Å². The van der Waals surface area contributed by atoms with Crippen LogP contribution in [0.15, 0.2) is 48.7 Å². The van der Waals surface area contributed by atoms with Crippen LogP contribution < -0.4 is 4.74 Å². The van der Waals surface area contributed by atoms with E-state index in [9.17, 15) is 9.90 Å². The minimum atomic E-state index is -0.479. The van der Waals surface area contributed by atoms with Gasteiger partial charge in [-0.1, -0.05) is 63.6 Å². The molecule has 0 aliphatic carbocycles. The van der Waals surface area contributed by atoms with Crippen LogP contribution in [0.1, 0.15) is 62.3 Å². The Balaban J connectivity index is 1.68. The number of aliphatic hydroxyl groups excluding tert-OH is 1. The summed E-state index contributed by atoms with van der Waals surface area (Å²) in [6, 6.07) is 12.9. The number of aliphatic hydroxyl groups is 1. The molecular weight excluding hydrogens is 464 g/mol. The molecule has 188 valence electrons. The monoisotopic (exact) mass is 498 g/mol. The summed E-state index contributed by atoms with van der Waals surface area (Å²) in [5.74, 6) is 1.09. The molecule has 35 heavy (non-hydrogen) atoms. The molecule has 0 bridgehead atoms. The molecule has 1 N–H and O–H groups in total. The van der Waals surface area contributed by atoms with Gasteiger partial charge in [0.25, 0.3) is 0 Å². The Hall–Kier alpha value is -2.83. The van der Waals surface area contributed by atoms with Crippen molar-refractivity contribution in [3.63, 3.8) is 0 Å². The SMILES string of the molecule is CCCOc1ccc(C(=O)O[C@H](CCO)Cc2ccc(-c3cn(C)c(C(C)(C)C)n3)cc2)cc1Cl. The number of carbonyl (C=O) groups is 1. The molecule has 7 heteroatoms. The molecular formula is C28H35ClN2O4. The van der Waals surface area contributed by atoms with Gasteiger partial charge in [-0.25, -0.2) is 9.78 Å². The zero-order valence-electron chi connectivity index (χ0n) is 21.2. The van der Waals surface area contributed by atoms with Crippen LogP contribution in [0, 0.1) is 0 Å². The summed E-state index contributed by atoms with van der Waals surface area (Å²) in [5.41, 5.74) is 3.26. The first kappa shape index (κ1) is 26.8. The zero-order chi connectivity index (χ0) is 25.6. The van der Waals surface area contributed by atoms with Gasteiger partial charge in [-0.2, -0.15) is 0 Å². The van der Waals surface area contributed by atoms with Crippen LogP contribution in [0.25, 0.3) is 11.3 Å². The number of aryl methyl sites for hydroxylation is 1. The maximum Gasteiger partial charge on any atom is 0.338 e. The molecule has 0 aliphatic heterocycles. The Bertz CT molecular complexity index is 1130. The third-order valence-electron chi connectivity index (χ3n) is 5.61. The summed E-state index contributed by atoms with van der Waals surface area (Å²) in [4.78, 5) is 17.6. The highest BCUT2D eigenvalue weighted by molar-refractivity contribution is 6.32. The molecule has 0 fully saturated rings. The predicted octanol–water partition coefficient (Wildman–Crippen LogP) is 5.98. The molecule has 1 atom stereocenters. The number of halogens is 1. The predicted molar refractivity (Wildman–Crippen MR) is 139 cm³/mol. The van der Waals surface area contributed by atoms with E-state index in [2.05, 4.69) is 25.3 Å². The highest BCUT2D eigenvalue weighted by Gasteiger charge is 2.21. The molecule has 0 aliphatic rings. The molecule has 0 saturated heterocycles. The minimum Gasteiger partial charge on any atom is -0.492 e. The van der Waals surface area contributed by atoms with Gasteiger partial charge >= 0.3 is 5.97 Å². The number of benzene rings is 2. The first-order valence-corrected chi connectivity index (χ1v) is 12.4. The summed E-state index contributed by atoms with van der Waals surface area (Å²) in [5, 5.41) is 9.88. The average Bonchev–Trinajstić information content (AvgIpc) is 3.21. The normalized spacial score (nSPS) is 12.4. The largest absolute Gasteiger partial charge is 0.492 e. The average molecular weight is 499 g/mol. The van der Waals surface area contributed by atoms with Gasteiger partial charge in [0.15, 0.2) is 0 Å². The number of ether oxygens (including phenoxy) is 2. The fourth-order valence-corrected chi connectivity index (χ4v) is 4.13. The summed E-state index contributed by atoms with van der Waals surface area (Å²) >= 11 is 6.26. The minimum absolute atomic E-state index is 0.0403. The van der Waals surface area contributed by atoms with Gasteiger partial charge in [0, 0.05) is 43.7 Å². The number of nitrogens with zero attached hydrogens (tertiary/aromatic N) is 2. The van der Waals surface area contributed by atoms with Crippen LogP contribution >= 0.6 is 11.6 Å². The maximum absolute atomic E-state index is 12.7. The van der Waals surface area contributed by atoms with Crippen molar-refractivity contribution >= 4 is 17.6 Å². The highest BCUT2D eigenvalue weighted by Crippen LogP contribution is 2.28. The Kier molecular flexibility index (Phi) is 8.98. The van der Waals surface area contributed by atoms with Crippen LogP contribution in [0.5, 0.6) is 5.75 Å². The number of hydrogen-bond acceptors (Lipinski definition) is 5. The van der Waals surface area contributed by atoms with Gasteiger partial charge in [0.2, 0.25) is 0 Å². The highest BCUT2D eigenvalue weighted by atomic mass is 35.5. The van der Waals surface area contributed by atoms with Crippen LogP contribution in [0.4, 0.5) is 0 Å². The number of carbonyl (C=O) groups excluding carboxylic acids is 1. The van der Waals surface area contributed by atoms with Crippen LogP contribution in [-0.4, -0.2) is 39.9 Å². The van der Waals surface area contributed by atoms with Crippen molar-refractivity contribution in [1.29, 1.82) is 0 Å². The van der Waals surface area contributed by atoms with Crippen LogP contribution in [0.3, 0.4) is 0 Å². The lowest BCUT2D eigenvalue weighted by molar-refractivity contribution is 0.0244. The van der Waals surface area contributed by atoms with Gasteiger partial charge in [-0.15, -0.1) is 0 Å². The van der Waals surface area contributed by atoms with Gasteiger partial charge in [-0.05, 0) is 30.2 Å². The van der Waals surface area contributed by atoms with Gasteiger partial charge in [0.05, 0.1) is 22.9 Å². The smallest absolute Gasteiger partial charge is 0.338 e. The van der Waals surface area contributed by atoms with Crippen molar-refractivity contribution in [1.82, 2.24) is 9.55 Å². The second-order valence-electron chi connectivity index (χ2n) is 9.74. The molecule has 0 amide bonds. The third kappa shape index (κ3) is 7.09. The molecule has 0 saturated carbocycles. The number of rotatable bonds is 10. The lowest BCUT2D eigenvalue weighted by Gasteiger charge is -2.18. The quantitative estimate of drug-likeness (QED) is 0.348. The Morgan fingerprint density at radius 3 is 2.46 bits per heavy atom. The molecule has 6 nitrogen and oxygen atoms in total. The van der Waals surface area contributed by atoms with Gasteiger partial charge in [0.1, 0.15) is 17.7 Å². The summed E-state index contributed by atoms with van der Waals surface area (Å²) in [6.45, 7) is 8.92. The van der Waals surface area contributed by atoms with Crippen LogP contribution in [0.2, 0.25) is 5.02 Å². The standard InChI is InChI=1S/C28H35ClN2O4/c1-6-15-34-25-12-11-21(17-23(25)29)26(33)35-22(13-14-32)16-19-7-9-20(10-8-19)24-18-31(5)27(30-24)28(2,3)4/h7-12,17-18,22,32H,6,13-16H2,1-5H3/t22-/m1/s1. The van der Waals surface area contributed by atoms with E-state index in [1.165, 1.54) is 0 Å². The number of imidazole rings is 1. The van der Waals surface area contributed by atoms with E-state index in [0.29, 0.717) is 35.8 Å². The van der Waals surface area contributed by atoms with E-state index < -0.39 is 12.1 Å². The first-order chi connectivity index (χ1) is 16.6.